The monoisotopic (exact) mass is 366 g/mol. The standard InChI is InChI=1S/C17H23BrN2S/c1-12(2)20(11-16-8-5-9-21-16)17(13(3)19)14-6-4-7-15(18)10-14/h4-10,12-13,17H,11,19H2,1-3H3. The molecule has 2 N–H and O–H groups in total. The molecular formula is C17H23BrN2S. The lowest BCUT2D eigenvalue weighted by Crippen LogP contribution is -2.42. The summed E-state index contributed by atoms with van der Waals surface area (Å²) in [5, 5.41) is 2.13. The Labute approximate surface area is 140 Å². The van der Waals surface area contributed by atoms with Crippen LogP contribution in [-0.4, -0.2) is 17.0 Å². The van der Waals surface area contributed by atoms with Crippen LogP contribution in [-0.2, 0) is 6.54 Å². The third-order valence-electron chi connectivity index (χ3n) is 3.63. The number of hydrogen-bond acceptors (Lipinski definition) is 3. The van der Waals surface area contributed by atoms with Crippen LogP contribution in [0.3, 0.4) is 0 Å². The predicted octanol–water partition coefficient (Wildman–Crippen LogP) is 4.81. The van der Waals surface area contributed by atoms with Crippen LogP contribution >= 0.6 is 27.3 Å². The second-order valence-electron chi connectivity index (χ2n) is 5.70. The first-order valence-corrected chi connectivity index (χ1v) is 8.95. The third kappa shape index (κ3) is 4.39. The highest BCUT2D eigenvalue weighted by atomic mass is 79.9. The van der Waals surface area contributed by atoms with E-state index in [1.807, 2.05) is 0 Å². The molecule has 1 aromatic heterocycles. The topological polar surface area (TPSA) is 29.3 Å². The minimum atomic E-state index is 0.0710. The Bertz CT molecular complexity index is 552. The fourth-order valence-corrected chi connectivity index (χ4v) is 3.80. The van der Waals surface area contributed by atoms with E-state index in [1.165, 1.54) is 10.4 Å². The summed E-state index contributed by atoms with van der Waals surface area (Å²) in [6, 6.07) is 13.5. The normalized spacial score (nSPS) is 14.6. The number of nitrogens with zero attached hydrogens (tertiary/aromatic N) is 1. The minimum absolute atomic E-state index is 0.0710. The Hall–Kier alpha value is -0.680. The predicted molar refractivity (Wildman–Crippen MR) is 95.5 cm³/mol. The fraction of sp³-hybridized carbons (Fsp3) is 0.412. The molecule has 2 nitrogen and oxygen atoms in total. The van der Waals surface area contributed by atoms with Gasteiger partial charge < -0.3 is 5.73 Å². The van der Waals surface area contributed by atoms with Crippen LogP contribution in [0, 0.1) is 0 Å². The Kier molecular flexibility index (Phi) is 5.99. The van der Waals surface area contributed by atoms with Gasteiger partial charge in [0.1, 0.15) is 0 Å². The van der Waals surface area contributed by atoms with Gasteiger partial charge in [0.15, 0.2) is 0 Å². The van der Waals surface area contributed by atoms with Crippen molar-refractivity contribution in [2.24, 2.45) is 5.73 Å². The van der Waals surface area contributed by atoms with Crippen molar-refractivity contribution in [3.8, 4) is 0 Å². The van der Waals surface area contributed by atoms with Crippen LogP contribution in [0.1, 0.15) is 37.3 Å². The minimum Gasteiger partial charge on any atom is -0.326 e. The number of benzene rings is 1. The van der Waals surface area contributed by atoms with Gasteiger partial charge in [-0.05, 0) is 49.9 Å². The fourth-order valence-electron chi connectivity index (χ4n) is 2.67. The highest BCUT2D eigenvalue weighted by Crippen LogP contribution is 2.30. The van der Waals surface area contributed by atoms with Gasteiger partial charge in [-0.1, -0.05) is 34.1 Å². The van der Waals surface area contributed by atoms with E-state index < -0.39 is 0 Å². The molecule has 1 aromatic carbocycles. The summed E-state index contributed by atoms with van der Waals surface area (Å²) in [5.74, 6) is 0. The first-order chi connectivity index (χ1) is 9.99. The van der Waals surface area contributed by atoms with E-state index in [-0.39, 0.29) is 12.1 Å². The Morgan fingerprint density at radius 2 is 1.95 bits per heavy atom. The molecule has 114 valence electrons. The molecule has 0 fully saturated rings. The Morgan fingerprint density at radius 1 is 1.19 bits per heavy atom. The smallest absolute Gasteiger partial charge is 0.0503 e. The van der Waals surface area contributed by atoms with Gasteiger partial charge in [0.25, 0.3) is 0 Å². The molecule has 2 atom stereocenters. The van der Waals surface area contributed by atoms with Crippen LogP contribution in [0.25, 0.3) is 0 Å². The highest BCUT2D eigenvalue weighted by Gasteiger charge is 2.26. The van der Waals surface area contributed by atoms with Crippen LogP contribution in [0.2, 0.25) is 0 Å². The summed E-state index contributed by atoms with van der Waals surface area (Å²) in [4.78, 5) is 3.86. The first-order valence-electron chi connectivity index (χ1n) is 7.28. The van der Waals surface area contributed by atoms with Crippen molar-refractivity contribution in [2.75, 3.05) is 0 Å². The highest BCUT2D eigenvalue weighted by molar-refractivity contribution is 9.10. The molecule has 1 heterocycles. The molecule has 0 amide bonds. The Morgan fingerprint density at radius 3 is 2.48 bits per heavy atom. The van der Waals surface area contributed by atoms with Crippen LogP contribution in [0.5, 0.6) is 0 Å². The number of halogens is 1. The lowest BCUT2D eigenvalue weighted by Gasteiger charge is -2.37. The van der Waals surface area contributed by atoms with Gasteiger partial charge in [-0.2, -0.15) is 0 Å². The molecule has 2 aromatic rings. The molecule has 0 radical (unpaired) electrons. The third-order valence-corrected chi connectivity index (χ3v) is 4.98. The Balaban J connectivity index is 2.33. The molecule has 4 heteroatoms. The molecule has 21 heavy (non-hydrogen) atoms. The van der Waals surface area contributed by atoms with Crippen LogP contribution < -0.4 is 5.73 Å². The zero-order valence-electron chi connectivity index (χ0n) is 12.8. The van der Waals surface area contributed by atoms with E-state index in [1.54, 1.807) is 11.3 Å². The van der Waals surface area contributed by atoms with Gasteiger partial charge in [-0.25, -0.2) is 0 Å². The quantitative estimate of drug-likeness (QED) is 0.794. The molecule has 0 saturated carbocycles. The van der Waals surface area contributed by atoms with E-state index in [2.05, 4.69) is 83.4 Å². The van der Waals surface area contributed by atoms with E-state index in [4.69, 9.17) is 5.73 Å². The maximum Gasteiger partial charge on any atom is 0.0503 e. The molecule has 0 bridgehead atoms. The summed E-state index contributed by atoms with van der Waals surface area (Å²) in [6.07, 6.45) is 0. The largest absolute Gasteiger partial charge is 0.326 e. The van der Waals surface area contributed by atoms with Crippen molar-refractivity contribution in [1.29, 1.82) is 0 Å². The molecule has 0 aliphatic rings. The lowest BCUT2D eigenvalue weighted by atomic mass is 9.97. The van der Waals surface area contributed by atoms with Crippen LogP contribution in [0.4, 0.5) is 0 Å². The summed E-state index contributed by atoms with van der Waals surface area (Å²) in [7, 11) is 0. The van der Waals surface area contributed by atoms with Gasteiger partial charge in [-0.3, -0.25) is 4.90 Å². The van der Waals surface area contributed by atoms with E-state index in [9.17, 15) is 0 Å². The first kappa shape index (κ1) is 16.7. The molecule has 2 unspecified atom stereocenters. The zero-order valence-corrected chi connectivity index (χ0v) is 15.2. The molecule has 0 spiro atoms. The molecule has 0 aliphatic heterocycles. The van der Waals surface area contributed by atoms with Crippen molar-refractivity contribution in [2.45, 2.75) is 45.4 Å². The second-order valence-corrected chi connectivity index (χ2v) is 7.65. The number of nitrogens with two attached hydrogens (primary N) is 1. The zero-order chi connectivity index (χ0) is 15.4. The van der Waals surface area contributed by atoms with E-state index in [0.717, 1.165) is 11.0 Å². The van der Waals surface area contributed by atoms with E-state index in [0.29, 0.717) is 6.04 Å². The lowest BCUT2D eigenvalue weighted by molar-refractivity contribution is 0.128. The van der Waals surface area contributed by atoms with Crippen LogP contribution in [0.15, 0.2) is 46.3 Å². The maximum absolute atomic E-state index is 6.33. The van der Waals surface area contributed by atoms with Gasteiger partial charge in [-0.15, -0.1) is 11.3 Å². The van der Waals surface area contributed by atoms with Gasteiger partial charge in [0.2, 0.25) is 0 Å². The maximum atomic E-state index is 6.33. The second kappa shape index (κ2) is 7.54. The van der Waals surface area contributed by atoms with Crippen molar-refractivity contribution < 1.29 is 0 Å². The average molecular weight is 367 g/mol. The molecule has 2 rings (SSSR count). The van der Waals surface area contributed by atoms with E-state index >= 15 is 0 Å². The van der Waals surface area contributed by atoms with Crippen molar-refractivity contribution in [1.82, 2.24) is 4.90 Å². The van der Waals surface area contributed by atoms with Gasteiger partial charge in [0, 0.05) is 28.0 Å². The summed E-state index contributed by atoms with van der Waals surface area (Å²) in [5.41, 5.74) is 7.60. The van der Waals surface area contributed by atoms with Gasteiger partial charge in [0.05, 0.1) is 6.04 Å². The summed E-state index contributed by atoms with van der Waals surface area (Å²) >= 11 is 5.37. The van der Waals surface area contributed by atoms with Crippen molar-refractivity contribution in [3.63, 3.8) is 0 Å². The summed E-state index contributed by atoms with van der Waals surface area (Å²) in [6.45, 7) is 7.51. The molecular weight excluding hydrogens is 344 g/mol. The van der Waals surface area contributed by atoms with Crippen molar-refractivity contribution in [3.05, 3.63) is 56.7 Å². The van der Waals surface area contributed by atoms with Crippen molar-refractivity contribution >= 4 is 27.3 Å². The number of hydrogen-bond donors (Lipinski definition) is 1. The molecule has 0 aliphatic carbocycles. The molecule has 0 saturated heterocycles. The summed E-state index contributed by atoms with van der Waals surface area (Å²) < 4.78 is 1.10. The number of thiophene rings is 1. The van der Waals surface area contributed by atoms with Gasteiger partial charge >= 0.3 is 0 Å². The SMILES string of the molecule is CC(N)C(c1cccc(Br)c1)N(Cc1cccs1)C(C)C. The number of rotatable bonds is 6. The average Bonchev–Trinajstić information content (AvgIpc) is 2.90.